The smallest absolute Gasteiger partial charge is 0.340 e. The zero-order valence-electron chi connectivity index (χ0n) is 12.5. The van der Waals surface area contributed by atoms with Gasteiger partial charge in [-0.3, -0.25) is 4.79 Å². The largest absolute Gasteiger partial charge is 0.449 e. The van der Waals surface area contributed by atoms with Crippen LogP contribution in [0.4, 0.5) is 5.69 Å². The highest BCUT2D eigenvalue weighted by Crippen LogP contribution is 2.22. The van der Waals surface area contributed by atoms with Gasteiger partial charge in [0.2, 0.25) is 0 Å². The predicted molar refractivity (Wildman–Crippen MR) is 91.1 cm³/mol. The zero-order chi connectivity index (χ0) is 17.7. The van der Waals surface area contributed by atoms with Crippen LogP contribution in [0, 0.1) is 11.3 Å². The average molecular weight is 363 g/mol. The van der Waals surface area contributed by atoms with Crippen LogP contribution in [0.3, 0.4) is 0 Å². The highest BCUT2D eigenvalue weighted by atomic mass is 35.5. The van der Waals surface area contributed by atoms with Crippen molar-refractivity contribution in [1.29, 1.82) is 5.26 Å². The Labute approximate surface area is 148 Å². The van der Waals surface area contributed by atoms with Crippen LogP contribution in [-0.4, -0.2) is 18.0 Å². The second kappa shape index (κ2) is 7.82. The number of rotatable bonds is 4. The van der Waals surface area contributed by atoms with E-state index in [0.29, 0.717) is 16.3 Å². The van der Waals surface area contributed by atoms with Gasteiger partial charge in [0.15, 0.2) is 6.10 Å². The number of ether oxygens (including phenoxy) is 1. The molecule has 1 unspecified atom stereocenters. The van der Waals surface area contributed by atoms with Gasteiger partial charge in [-0.2, -0.15) is 5.26 Å². The van der Waals surface area contributed by atoms with Crippen molar-refractivity contribution in [2.24, 2.45) is 0 Å². The summed E-state index contributed by atoms with van der Waals surface area (Å²) in [6, 6.07) is 12.7. The number of nitriles is 1. The SMILES string of the molecule is CC(OC(=O)c1ccc(Cl)cc1Cl)C(=O)Nc1cccc(C#N)c1. The molecule has 122 valence electrons. The standard InChI is InChI=1S/C17H12Cl2N2O3/c1-10(16(22)21-13-4-2-3-11(7-13)9-20)24-17(23)14-6-5-12(18)8-15(14)19/h2-8,10H,1H3,(H,21,22). The number of amides is 1. The van der Waals surface area contributed by atoms with Gasteiger partial charge in [0.25, 0.3) is 5.91 Å². The van der Waals surface area contributed by atoms with Crippen molar-refractivity contribution in [3.05, 3.63) is 63.6 Å². The molecule has 0 aromatic heterocycles. The fourth-order valence-electron chi connectivity index (χ4n) is 1.84. The molecular weight excluding hydrogens is 351 g/mol. The Morgan fingerprint density at radius 3 is 2.62 bits per heavy atom. The molecule has 0 saturated heterocycles. The Hall–Kier alpha value is -2.55. The van der Waals surface area contributed by atoms with Gasteiger partial charge in [0, 0.05) is 10.7 Å². The van der Waals surface area contributed by atoms with E-state index >= 15 is 0 Å². The lowest BCUT2D eigenvalue weighted by atomic mass is 10.2. The summed E-state index contributed by atoms with van der Waals surface area (Å²) < 4.78 is 5.10. The molecule has 0 saturated carbocycles. The van der Waals surface area contributed by atoms with Crippen molar-refractivity contribution in [1.82, 2.24) is 0 Å². The van der Waals surface area contributed by atoms with E-state index in [0.717, 1.165) is 0 Å². The van der Waals surface area contributed by atoms with Gasteiger partial charge in [-0.15, -0.1) is 0 Å². The van der Waals surface area contributed by atoms with Gasteiger partial charge in [0.05, 0.1) is 22.2 Å². The number of carbonyl (C=O) groups is 2. The molecule has 2 aromatic rings. The summed E-state index contributed by atoms with van der Waals surface area (Å²) in [5.41, 5.74) is 0.962. The number of esters is 1. The van der Waals surface area contributed by atoms with E-state index in [2.05, 4.69) is 5.32 Å². The van der Waals surface area contributed by atoms with Gasteiger partial charge in [-0.1, -0.05) is 29.3 Å². The number of hydrogen-bond donors (Lipinski definition) is 1. The van der Waals surface area contributed by atoms with Gasteiger partial charge in [-0.25, -0.2) is 4.79 Å². The minimum Gasteiger partial charge on any atom is -0.449 e. The number of nitrogens with zero attached hydrogens (tertiary/aromatic N) is 1. The molecule has 7 heteroatoms. The van der Waals surface area contributed by atoms with E-state index in [1.165, 1.54) is 31.2 Å². The topological polar surface area (TPSA) is 79.2 Å². The number of anilines is 1. The minimum atomic E-state index is -1.05. The van der Waals surface area contributed by atoms with Crippen molar-refractivity contribution >= 4 is 40.8 Å². The highest BCUT2D eigenvalue weighted by Gasteiger charge is 2.20. The second-order valence-electron chi connectivity index (χ2n) is 4.85. The fourth-order valence-corrected chi connectivity index (χ4v) is 2.33. The second-order valence-corrected chi connectivity index (χ2v) is 5.70. The fraction of sp³-hybridized carbons (Fsp3) is 0.118. The lowest BCUT2D eigenvalue weighted by Crippen LogP contribution is -2.30. The predicted octanol–water partition coefficient (Wildman–Crippen LogP) is 4.05. The van der Waals surface area contributed by atoms with Crippen LogP contribution in [-0.2, 0) is 9.53 Å². The molecule has 2 aromatic carbocycles. The summed E-state index contributed by atoms with van der Waals surface area (Å²) in [6.07, 6.45) is -1.05. The summed E-state index contributed by atoms with van der Waals surface area (Å²) in [5.74, 6) is -1.26. The van der Waals surface area contributed by atoms with Crippen LogP contribution in [0.1, 0.15) is 22.8 Å². The van der Waals surface area contributed by atoms with E-state index in [-0.39, 0.29) is 10.6 Å². The molecule has 2 rings (SSSR count). The summed E-state index contributed by atoms with van der Waals surface area (Å²) in [7, 11) is 0. The van der Waals surface area contributed by atoms with Gasteiger partial charge >= 0.3 is 5.97 Å². The van der Waals surface area contributed by atoms with Gasteiger partial charge < -0.3 is 10.1 Å². The van der Waals surface area contributed by atoms with Gasteiger partial charge in [-0.05, 0) is 43.3 Å². The first-order valence-electron chi connectivity index (χ1n) is 6.88. The molecule has 0 aliphatic heterocycles. The Morgan fingerprint density at radius 1 is 1.21 bits per heavy atom. The van der Waals surface area contributed by atoms with E-state index in [1.807, 2.05) is 6.07 Å². The van der Waals surface area contributed by atoms with E-state index in [1.54, 1.807) is 18.2 Å². The third kappa shape index (κ3) is 4.48. The Kier molecular flexibility index (Phi) is 5.80. The normalized spacial score (nSPS) is 11.2. The molecule has 0 spiro atoms. The summed E-state index contributed by atoms with van der Waals surface area (Å²) in [6.45, 7) is 1.44. The number of carbonyl (C=O) groups excluding carboxylic acids is 2. The summed E-state index contributed by atoms with van der Waals surface area (Å²) in [5, 5.41) is 11.9. The van der Waals surface area contributed by atoms with Crippen LogP contribution >= 0.6 is 23.2 Å². The zero-order valence-corrected chi connectivity index (χ0v) is 14.1. The highest BCUT2D eigenvalue weighted by molar-refractivity contribution is 6.36. The minimum absolute atomic E-state index is 0.118. The lowest BCUT2D eigenvalue weighted by Gasteiger charge is -2.14. The van der Waals surface area contributed by atoms with Crippen molar-refractivity contribution in [2.75, 3.05) is 5.32 Å². The third-order valence-electron chi connectivity index (χ3n) is 3.06. The Bertz CT molecular complexity index is 831. The van der Waals surface area contributed by atoms with E-state index < -0.39 is 18.0 Å². The molecule has 0 fully saturated rings. The molecule has 1 atom stereocenters. The first-order valence-corrected chi connectivity index (χ1v) is 7.63. The maximum atomic E-state index is 12.1. The van der Waals surface area contributed by atoms with Crippen molar-refractivity contribution in [3.63, 3.8) is 0 Å². The van der Waals surface area contributed by atoms with Gasteiger partial charge in [0.1, 0.15) is 0 Å². The number of hydrogen-bond acceptors (Lipinski definition) is 4. The van der Waals surface area contributed by atoms with Crippen molar-refractivity contribution in [3.8, 4) is 6.07 Å². The number of benzene rings is 2. The molecule has 0 bridgehead atoms. The molecule has 0 radical (unpaired) electrons. The maximum absolute atomic E-state index is 12.1. The summed E-state index contributed by atoms with van der Waals surface area (Å²) >= 11 is 11.7. The lowest BCUT2D eigenvalue weighted by molar-refractivity contribution is -0.123. The van der Waals surface area contributed by atoms with Crippen LogP contribution in [0.15, 0.2) is 42.5 Å². The van der Waals surface area contributed by atoms with Crippen molar-refractivity contribution in [2.45, 2.75) is 13.0 Å². The molecular formula is C17H12Cl2N2O3. The third-order valence-corrected chi connectivity index (χ3v) is 3.61. The molecule has 5 nitrogen and oxygen atoms in total. The molecule has 24 heavy (non-hydrogen) atoms. The van der Waals surface area contributed by atoms with Crippen LogP contribution in [0.2, 0.25) is 10.0 Å². The number of nitrogens with one attached hydrogen (secondary N) is 1. The van der Waals surface area contributed by atoms with Crippen LogP contribution in [0.25, 0.3) is 0 Å². The van der Waals surface area contributed by atoms with E-state index in [4.69, 9.17) is 33.2 Å². The molecule has 0 heterocycles. The maximum Gasteiger partial charge on any atom is 0.340 e. The first-order chi connectivity index (χ1) is 11.4. The molecule has 0 aliphatic carbocycles. The van der Waals surface area contributed by atoms with E-state index in [9.17, 15) is 9.59 Å². The number of halogens is 2. The average Bonchev–Trinajstić information content (AvgIpc) is 2.54. The Balaban J connectivity index is 2.03. The Morgan fingerprint density at radius 2 is 1.96 bits per heavy atom. The molecule has 1 N–H and O–H groups in total. The molecule has 1 amide bonds. The quantitative estimate of drug-likeness (QED) is 0.832. The molecule has 0 aliphatic rings. The van der Waals surface area contributed by atoms with Crippen LogP contribution < -0.4 is 5.32 Å². The summed E-state index contributed by atoms with van der Waals surface area (Å²) in [4.78, 5) is 24.2. The monoisotopic (exact) mass is 362 g/mol. The van der Waals surface area contributed by atoms with Crippen LogP contribution in [0.5, 0.6) is 0 Å². The van der Waals surface area contributed by atoms with Crippen molar-refractivity contribution < 1.29 is 14.3 Å². The first kappa shape index (κ1) is 17.8.